The van der Waals surface area contributed by atoms with E-state index in [2.05, 4.69) is 4.98 Å². The maximum absolute atomic E-state index is 11.9. The van der Waals surface area contributed by atoms with Gasteiger partial charge in [0.1, 0.15) is 12.4 Å². The molecule has 6 N–H and O–H groups in total. The highest BCUT2D eigenvalue weighted by atomic mass is 16.5. The molecule has 0 fully saturated rings. The number of hydrogen-bond acceptors (Lipinski definition) is 5. The largest absolute Gasteiger partial charge is 0.487 e. The summed E-state index contributed by atoms with van der Waals surface area (Å²) < 4.78 is 5.80. The predicted octanol–water partition coefficient (Wildman–Crippen LogP) is 1.98. The Balaban J connectivity index is 2.01. The number of hydrogen-bond donors (Lipinski definition) is 3. The minimum absolute atomic E-state index is 0.160. The van der Waals surface area contributed by atoms with Crippen LogP contribution in [-0.4, -0.2) is 16.8 Å². The van der Waals surface area contributed by atoms with Crippen LogP contribution < -0.4 is 21.9 Å². The first-order valence-corrected chi connectivity index (χ1v) is 8.59. The van der Waals surface area contributed by atoms with Gasteiger partial charge in [0.15, 0.2) is 0 Å². The fraction of sp³-hybridized carbons (Fsp3) is 0.0952. The van der Waals surface area contributed by atoms with Crippen LogP contribution >= 0.6 is 0 Å². The first-order valence-electron chi connectivity index (χ1n) is 8.59. The highest BCUT2D eigenvalue weighted by Crippen LogP contribution is 2.31. The molecule has 7 heteroatoms. The average molecular weight is 376 g/mol. The fourth-order valence-electron chi connectivity index (χ4n) is 2.87. The van der Waals surface area contributed by atoms with E-state index >= 15 is 0 Å². The summed E-state index contributed by atoms with van der Waals surface area (Å²) >= 11 is 0. The molecule has 0 aliphatic heterocycles. The van der Waals surface area contributed by atoms with Crippen LogP contribution in [-0.2, 0) is 13.2 Å². The van der Waals surface area contributed by atoms with Crippen LogP contribution in [0.3, 0.4) is 0 Å². The fourth-order valence-corrected chi connectivity index (χ4v) is 2.87. The van der Waals surface area contributed by atoms with E-state index in [4.69, 9.17) is 21.9 Å². The third-order valence-electron chi connectivity index (χ3n) is 4.27. The zero-order valence-corrected chi connectivity index (χ0v) is 15.1. The van der Waals surface area contributed by atoms with Gasteiger partial charge in [-0.1, -0.05) is 12.1 Å². The Hall–Kier alpha value is -3.71. The summed E-state index contributed by atoms with van der Waals surface area (Å²) in [6, 6.07) is 15.5. The minimum atomic E-state index is -0.576. The maximum atomic E-state index is 11.9. The normalized spacial score (nSPS) is 10.5. The molecule has 0 bridgehead atoms. The van der Waals surface area contributed by atoms with Crippen LogP contribution in [0.25, 0.3) is 11.1 Å². The van der Waals surface area contributed by atoms with Crippen molar-refractivity contribution < 1.29 is 14.3 Å². The van der Waals surface area contributed by atoms with Crippen LogP contribution in [0.2, 0.25) is 0 Å². The Bertz CT molecular complexity index is 1020. The number of rotatable bonds is 7. The zero-order chi connectivity index (χ0) is 20.1. The van der Waals surface area contributed by atoms with E-state index in [9.17, 15) is 9.59 Å². The molecule has 0 unspecified atom stereocenters. The van der Waals surface area contributed by atoms with E-state index in [1.165, 1.54) is 0 Å². The van der Waals surface area contributed by atoms with Gasteiger partial charge < -0.3 is 21.9 Å². The molecule has 0 aliphatic carbocycles. The third-order valence-corrected chi connectivity index (χ3v) is 4.27. The van der Waals surface area contributed by atoms with E-state index in [1.54, 1.807) is 42.6 Å². The van der Waals surface area contributed by atoms with E-state index in [0.717, 1.165) is 5.69 Å². The molecule has 0 atom stereocenters. The molecule has 1 aromatic heterocycles. The van der Waals surface area contributed by atoms with Crippen molar-refractivity contribution in [2.24, 2.45) is 17.2 Å². The lowest BCUT2D eigenvalue weighted by atomic mass is 9.93. The van der Waals surface area contributed by atoms with Crippen LogP contribution in [0.15, 0.2) is 60.8 Å². The maximum Gasteiger partial charge on any atom is 0.249 e. The molecular weight excluding hydrogens is 356 g/mol. The summed E-state index contributed by atoms with van der Waals surface area (Å²) in [5.41, 5.74) is 20.1. The molecule has 1 heterocycles. The third kappa shape index (κ3) is 4.16. The quantitative estimate of drug-likeness (QED) is 0.579. The monoisotopic (exact) mass is 376 g/mol. The van der Waals surface area contributed by atoms with Gasteiger partial charge >= 0.3 is 0 Å². The summed E-state index contributed by atoms with van der Waals surface area (Å²) in [7, 11) is 0. The molecule has 7 nitrogen and oxygen atoms in total. The molecule has 28 heavy (non-hydrogen) atoms. The lowest BCUT2D eigenvalue weighted by Crippen LogP contribution is -2.14. The van der Waals surface area contributed by atoms with Crippen molar-refractivity contribution >= 4 is 11.8 Å². The van der Waals surface area contributed by atoms with Gasteiger partial charge in [0, 0.05) is 23.9 Å². The molecule has 0 radical (unpaired) electrons. The minimum Gasteiger partial charge on any atom is -0.487 e. The Morgan fingerprint density at radius 1 is 0.929 bits per heavy atom. The zero-order valence-electron chi connectivity index (χ0n) is 15.1. The molecule has 3 aromatic rings. The second kappa shape index (κ2) is 8.32. The molecule has 3 rings (SSSR count). The second-order valence-corrected chi connectivity index (χ2v) is 6.12. The van der Waals surface area contributed by atoms with Gasteiger partial charge in [-0.05, 0) is 59.2 Å². The molecule has 0 saturated heterocycles. The van der Waals surface area contributed by atoms with Crippen molar-refractivity contribution in [3.8, 4) is 16.9 Å². The van der Waals surface area contributed by atoms with Crippen molar-refractivity contribution in [2.75, 3.05) is 0 Å². The van der Waals surface area contributed by atoms with Crippen molar-refractivity contribution in [3.63, 3.8) is 0 Å². The number of nitrogens with two attached hydrogens (primary N) is 3. The van der Waals surface area contributed by atoms with Gasteiger partial charge in [0.2, 0.25) is 11.8 Å². The van der Waals surface area contributed by atoms with E-state index in [0.29, 0.717) is 33.6 Å². The summed E-state index contributed by atoms with van der Waals surface area (Å²) in [5.74, 6) is -0.579. The van der Waals surface area contributed by atoms with Gasteiger partial charge in [0.05, 0.1) is 5.69 Å². The highest BCUT2D eigenvalue weighted by Gasteiger charge is 2.16. The van der Waals surface area contributed by atoms with Crippen LogP contribution in [0.4, 0.5) is 0 Å². The van der Waals surface area contributed by atoms with Gasteiger partial charge in [-0.15, -0.1) is 0 Å². The Morgan fingerprint density at radius 3 is 2.39 bits per heavy atom. The van der Waals surface area contributed by atoms with Crippen LogP contribution in [0, 0.1) is 0 Å². The first-order chi connectivity index (χ1) is 13.5. The van der Waals surface area contributed by atoms with Crippen molar-refractivity contribution in [1.82, 2.24) is 4.98 Å². The number of pyridine rings is 1. The van der Waals surface area contributed by atoms with Gasteiger partial charge in [-0.2, -0.15) is 0 Å². The molecule has 0 aliphatic rings. The average Bonchev–Trinajstić information content (AvgIpc) is 2.72. The van der Waals surface area contributed by atoms with Crippen molar-refractivity contribution in [2.45, 2.75) is 13.2 Å². The predicted molar refractivity (Wildman–Crippen MR) is 105 cm³/mol. The molecule has 142 valence electrons. The molecular formula is C21H20N4O3. The summed E-state index contributed by atoms with van der Waals surface area (Å²) in [6.07, 6.45) is 1.69. The number of carbonyl (C=O) groups is 2. The second-order valence-electron chi connectivity index (χ2n) is 6.12. The first kappa shape index (κ1) is 19.1. The smallest absolute Gasteiger partial charge is 0.249 e. The molecule has 0 spiro atoms. The summed E-state index contributed by atoms with van der Waals surface area (Å²) in [6.45, 7) is 0.439. The number of benzene rings is 2. The van der Waals surface area contributed by atoms with Gasteiger partial charge in [0.25, 0.3) is 0 Å². The standard InChI is InChI=1S/C21H20N4O3/c22-11-14-9-13(20(23)26)4-6-17(14)19-10-16(5-7-18(19)21(24)27)28-12-15-3-1-2-8-25-15/h1-10H,11-12,22H2,(H2,23,26)(H2,24,27). The van der Waals surface area contributed by atoms with Crippen LogP contribution in [0.1, 0.15) is 32.0 Å². The summed E-state index contributed by atoms with van der Waals surface area (Å²) in [4.78, 5) is 27.6. The lowest BCUT2D eigenvalue weighted by Gasteiger charge is -2.15. The van der Waals surface area contributed by atoms with E-state index < -0.39 is 11.8 Å². The summed E-state index contributed by atoms with van der Waals surface area (Å²) in [5, 5.41) is 0. The number of primary amides is 2. The number of ether oxygens (including phenoxy) is 1. The van der Waals surface area contributed by atoms with E-state index in [-0.39, 0.29) is 13.2 Å². The number of carbonyl (C=O) groups excluding carboxylic acids is 2. The highest BCUT2D eigenvalue weighted by molar-refractivity contribution is 6.01. The van der Waals surface area contributed by atoms with Crippen LogP contribution in [0.5, 0.6) is 5.75 Å². The SMILES string of the molecule is NCc1cc(C(N)=O)ccc1-c1cc(OCc2ccccn2)ccc1C(N)=O. The Kier molecular flexibility index (Phi) is 5.67. The lowest BCUT2D eigenvalue weighted by molar-refractivity contribution is 0.0991. The Labute approximate surface area is 162 Å². The number of aromatic nitrogens is 1. The molecule has 2 aromatic carbocycles. The van der Waals surface area contributed by atoms with Crippen molar-refractivity contribution in [3.05, 3.63) is 83.2 Å². The molecule has 2 amide bonds. The van der Waals surface area contributed by atoms with E-state index in [1.807, 2.05) is 18.2 Å². The van der Waals surface area contributed by atoms with Crippen molar-refractivity contribution in [1.29, 1.82) is 0 Å². The Morgan fingerprint density at radius 2 is 1.75 bits per heavy atom. The van der Waals surface area contributed by atoms with Gasteiger partial charge in [-0.3, -0.25) is 14.6 Å². The number of amides is 2. The molecule has 0 saturated carbocycles. The van der Waals surface area contributed by atoms with Gasteiger partial charge in [-0.25, -0.2) is 0 Å². The number of nitrogens with zero attached hydrogens (tertiary/aromatic N) is 1. The topological polar surface area (TPSA) is 134 Å².